The average molecular weight is 260 g/mol. The fraction of sp³-hybridized carbons (Fsp3) is 0.182. The predicted molar refractivity (Wildman–Crippen MR) is 68.9 cm³/mol. The number of aryl methyl sites for hydroxylation is 1. The van der Waals surface area contributed by atoms with Gasteiger partial charge in [0, 0.05) is 18.8 Å². The van der Waals surface area contributed by atoms with Crippen molar-refractivity contribution in [2.75, 3.05) is 0 Å². The SMILES string of the molecule is Cn1cc(C(N)c2nc(-c3cccs3)n[nH]2)cn1. The van der Waals surface area contributed by atoms with E-state index in [1.165, 1.54) is 0 Å². The van der Waals surface area contributed by atoms with Gasteiger partial charge >= 0.3 is 0 Å². The molecule has 18 heavy (non-hydrogen) atoms. The van der Waals surface area contributed by atoms with Crippen molar-refractivity contribution in [2.45, 2.75) is 6.04 Å². The van der Waals surface area contributed by atoms with Crippen LogP contribution in [0.3, 0.4) is 0 Å². The van der Waals surface area contributed by atoms with Crippen molar-refractivity contribution in [3.8, 4) is 10.7 Å². The van der Waals surface area contributed by atoms with Gasteiger partial charge in [0.15, 0.2) is 5.82 Å². The van der Waals surface area contributed by atoms with E-state index >= 15 is 0 Å². The Kier molecular flexibility index (Phi) is 2.69. The maximum Gasteiger partial charge on any atom is 0.191 e. The van der Waals surface area contributed by atoms with Gasteiger partial charge < -0.3 is 5.73 Å². The molecule has 6 nitrogen and oxygen atoms in total. The molecule has 0 saturated carbocycles. The lowest BCUT2D eigenvalue weighted by atomic mass is 10.2. The molecule has 3 N–H and O–H groups in total. The first-order chi connectivity index (χ1) is 8.74. The molecule has 0 aliphatic heterocycles. The number of nitrogens with one attached hydrogen (secondary N) is 1. The summed E-state index contributed by atoms with van der Waals surface area (Å²) in [7, 11) is 1.85. The van der Waals surface area contributed by atoms with Crippen molar-refractivity contribution in [3.05, 3.63) is 41.3 Å². The Labute approximate surface area is 107 Å². The molecular formula is C11H12N6S. The number of hydrogen-bond donors (Lipinski definition) is 2. The normalized spacial score (nSPS) is 12.8. The number of H-pyrrole nitrogens is 1. The highest BCUT2D eigenvalue weighted by Crippen LogP contribution is 2.23. The maximum absolute atomic E-state index is 6.11. The van der Waals surface area contributed by atoms with Crippen LogP contribution in [0.15, 0.2) is 29.9 Å². The molecule has 0 aliphatic rings. The zero-order valence-corrected chi connectivity index (χ0v) is 10.6. The molecule has 0 bridgehead atoms. The Morgan fingerprint density at radius 2 is 2.39 bits per heavy atom. The topological polar surface area (TPSA) is 85.4 Å². The Balaban J connectivity index is 1.89. The first-order valence-corrected chi connectivity index (χ1v) is 6.32. The number of hydrogen-bond acceptors (Lipinski definition) is 5. The van der Waals surface area contributed by atoms with Crippen molar-refractivity contribution in [3.63, 3.8) is 0 Å². The fourth-order valence-electron chi connectivity index (χ4n) is 1.69. The van der Waals surface area contributed by atoms with E-state index in [-0.39, 0.29) is 6.04 Å². The highest BCUT2D eigenvalue weighted by atomic mass is 32.1. The molecule has 0 spiro atoms. The van der Waals surface area contributed by atoms with Crippen LogP contribution in [0.25, 0.3) is 10.7 Å². The molecule has 0 aliphatic carbocycles. The number of rotatable bonds is 3. The van der Waals surface area contributed by atoms with Crippen LogP contribution in [0, 0.1) is 0 Å². The minimum Gasteiger partial charge on any atom is -0.318 e. The van der Waals surface area contributed by atoms with Gasteiger partial charge in [-0.1, -0.05) is 6.07 Å². The van der Waals surface area contributed by atoms with Crippen molar-refractivity contribution < 1.29 is 0 Å². The van der Waals surface area contributed by atoms with Crippen LogP contribution in [0.5, 0.6) is 0 Å². The third kappa shape index (κ3) is 1.93. The second kappa shape index (κ2) is 4.35. The van der Waals surface area contributed by atoms with Crippen molar-refractivity contribution in [1.29, 1.82) is 0 Å². The first-order valence-electron chi connectivity index (χ1n) is 5.44. The monoisotopic (exact) mass is 260 g/mol. The van der Waals surface area contributed by atoms with Gasteiger partial charge in [0.05, 0.1) is 17.1 Å². The molecule has 0 radical (unpaired) electrons. The highest BCUT2D eigenvalue weighted by Gasteiger charge is 2.16. The van der Waals surface area contributed by atoms with Gasteiger partial charge in [0.2, 0.25) is 0 Å². The van der Waals surface area contributed by atoms with Crippen LogP contribution in [-0.2, 0) is 7.05 Å². The Bertz CT molecular complexity index is 638. The average Bonchev–Trinajstić information content (AvgIpc) is 3.09. The summed E-state index contributed by atoms with van der Waals surface area (Å²) in [4.78, 5) is 5.44. The second-order valence-electron chi connectivity index (χ2n) is 3.95. The molecule has 7 heteroatoms. The number of thiophene rings is 1. The van der Waals surface area contributed by atoms with Gasteiger partial charge in [0.25, 0.3) is 0 Å². The molecule has 3 aromatic rings. The minimum absolute atomic E-state index is 0.333. The molecule has 0 fully saturated rings. The summed E-state index contributed by atoms with van der Waals surface area (Å²) in [6, 6.07) is 3.62. The molecular weight excluding hydrogens is 248 g/mol. The highest BCUT2D eigenvalue weighted by molar-refractivity contribution is 7.13. The van der Waals surface area contributed by atoms with Crippen LogP contribution >= 0.6 is 11.3 Å². The molecule has 0 amide bonds. The van der Waals surface area contributed by atoms with Crippen LogP contribution in [-0.4, -0.2) is 25.0 Å². The van der Waals surface area contributed by atoms with E-state index in [1.54, 1.807) is 22.2 Å². The van der Waals surface area contributed by atoms with E-state index in [0.717, 1.165) is 10.4 Å². The summed E-state index contributed by atoms with van der Waals surface area (Å²) in [6.45, 7) is 0. The van der Waals surface area contributed by atoms with Crippen LogP contribution in [0.2, 0.25) is 0 Å². The molecule has 0 aromatic carbocycles. The molecule has 1 atom stereocenters. The number of aromatic amines is 1. The van der Waals surface area contributed by atoms with Crippen molar-refractivity contribution in [2.24, 2.45) is 12.8 Å². The molecule has 3 rings (SSSR count). The van der Waals surface area contributed by atoms with Crippen molar-refractivity contribution in [1.82, 2.24) is 25.0 Å². The summed E-state index contributed by atoms with van der Waals surface area (Å²) in [6.07, 6.45) is 3.61. The van der Waals surface area contributed by atoms with E-state index in [1.807, 2.05) is 30.8 Å². The third-order valence-electron chi connectivity index (χ3n) is 2.62. The number of nitrogens with zero attached hydrogens (tertiary/aromatic N) is 4. The van der Waals surface area contributed by atoms with Crippen LogP contribution in [0.1, 0.15) is 17.4 Å². The first kappa shape index (κ1) is 11.1. The minimum atomic E-state index is -0.333. The molecule has 3 aromatic heterocycles. The zero-order valence-electron chi connectivity index (χ0n) is 9.74. The second-order valence-corrected chi connectivity index (χ2v) is 4.89. The molecule has 1 unspecified atom stereocenters. The third-order valence-corrected chi connectivity index (χ3v) is 3.49. The van der Waals surface area contributed by atoms with Gasteiger partial charge in [-0.05, 0) is 11.4 Å². The molecule has 3 heterocycles. The summed E-state index contributed by atoms with van der Waals surface area (Å²) >= 11 is 1.60. The summed E-state index contributed by atoms with van der Waals surface area (Å²) in [5, 5.41) is 13.2. The Hall–Kier alpha value is -1.99. The maximum atomic E-state index is 6.11. The van der Waals surface area contributed by atoms with E-state index in [9.17, 15) is 0 Å². The summed E-state index contributed by atoms with van der Waals surface area (Å²) < 4.78 is 1.71. The van der Waals surface area contributed by atoms with E-state index in [4.69, 9.17) is 5.73 Å². The number of aromatic nitrogens is 5. The lowest BCUT2D eigenvalue weighted by molar-refractivity contribution is 0.759. The van der Waals surface area contributed by atoms with Gasteiger partial charge in [-0.15, -0.1) is 11.3 Å². The van der Waals surface area contributed by atoms with Crippen molar-refractivity contribution >= 4 is 11.3 Å². The van der Waals surface area contributed by atoms with Gasteiger partial charge in [0.1, 0.15) is 5.82 Å². The Morgan fingerprint density at radius 3 is 3.06 bits per heavy atom. The lowest BCUT2D eigenvalue weighted by Crippen LogP contribution is -2.13. The van der Waals surface area contributed by atoms with Gasteiger partial charge in [-0.2, -0.15) is 10.2 Å². The van der Waals surface area contributed by atoms with E-state index in [2.05, 4.69) is 20.3 Å². The number of nitrogens with two attached hydrogens (primary N) is 1. The van der Waals surface area contributed by atoms with E-state index in [0.29, 0.717) is 11.6 Å². The largest absolute Gasteiger partial charge is 0.318 e. The van der Waals surface area contributed by atoms with E-state index < -0.39 is 0 Å². The molecule has 0 saturated heterocycles. The lowest BCUT2D eigenvalue weighted by Gasteiger charge is -2.03. The predicted octanol–water partition coefficient (Wildman–Crippen LogP) is 1.31. The van der Waals surface area contributed by atoms with Gasteiger partial charge in [-0.25, -0.2) is 4.98 Å². The van der Waals surface area contributed by atoms with Crippen LogP contribution in [0.4, 0.5) is 0 Å². The zero-order chi connectivity index (χ0) is 12.5. The van der Waals surface area contributed by atoms with Crippen LogP contribution < -0.4 is 5.73 Å². The smallest absolute Gasteiger partial charge is 0.191 e. The van der Waals surface area contributed by atoms with Gasteiger partial charge in [-0.3, -0.25) is 9.78 Å². The Morgan fingerprint density at radius 1 is 1.50 bits per heavy atom. The molecule has 92 valence electrons. The summed E-state index contributed by atoms with van der Waals surface area (Å²) in [5.41, 5.74) is 7.02. The summed E-state index contributed by atoms with van der Waals surface area (Å²) in [5.74, 6) is 1.32. The standard InChI is InChI=1S/C11H12N6S/c1-17-6-7(5-13-17)9(12)11-14-10(15-16-11)8-3-2-4-18-8/h2-6,9H,12H2,1H3,(H,14,15,16). The quantitative estimate of drug-likeness (QED) is 0.743. The fourth-order valence-corrected chi connectivity index (χ4v) is 2.35.